The zero-order valence-corrected chi connectivity index (χ0v) is 10.3. The van der Waals surface area contributed by atoms with Crippen LogP contribution in [0, 0.1) is 0 Å². The Balaban J connectivity index is 2.18. The van der Waals surface area contributed by atoms with Gasteiger partial charge < -0.3 is 15.2 Å². The number of anilines is 1. The lowest BCUT2D eigenvalue weighted by Crippen LogP contribution is -2.15. The minimum absolute atomic E-state index is 0.00837. The fourth-order valence-corrected chi connectivity index (χ4v) is 2.22. The first-order valence-corrected chi connectivity index (χ1v) is 6.13. The SMILES string of the molecule is COc1ccccc1NC(CO)c1nccs1. The highest BCUT2D eigenvalue weighted by atomic mass is 32.1. The lowest BCUT2D eigenvalue weighted by molar-refractivity contribution is 0.275. The molecule has 0 bridgehead atoms. The van der Waals surface area contributed by atoms with Crippen LogP contribution in [0.15, 0.2) is 35.8 Å². The van der Waals surface area contributed by atoms with Crippen LogP contribution in [-0.2, 0) is 0 Å². The topological polar surface area (TPSA) is 54.4 Å². The maximum Gasteiger partial charge on any atom is 0.141 e. The van der Waals surface area contributed by atoms with Crippen LogP contribution in [0.3, 0.4) is 0 Å². The molecule has 1 aromatic carbocycles. The molecule has 2 rings (SSSR count). The molecule has 5 heteroatoms. The zero-order chi connectivity index (χ0) is 12.1. The molecule has 2 N–H and O–H groups in total. The molecule has 0 spiro atoms. The Morgan fingerprint density at radius 2 is 2.29 bits per heavy atom. The minimum Gasteiger partial charge on any atom is -0.495 e. The first-order chi connectivity index (χ1) is 8.35. The monoisotopic (exact) mass is 250 g/mol. The Morgan fingerprint density at radius 1 is 1.47 bits per heavy atom. The number of aromatic nitrogens is 1. The van der Waals surface area contributed by atoms with Crippen LogP contribution in [0.5, 0.6) is 5.75 Å². The van der Waals surface area contributed by atoms with Crippen LogP contribution in [0.1, 0.15) is 11.0 Å². The van der Waals surface area contributed by atoms with E-state index in [1.54, 1.807) is 13.3 Å². The lowest BCUT2D eigenvalue weighted by Gasteiger charge is -2.17. The Bertz CT molecular complexity index is 459. The van der Waals surface area contributed by atoms with E-state index in [0.29, 0.717) is 0 Å². The molecule has 0 radical (unpaired) electrons. The molecule has 0 aliphatic carbocycles. The third-order valence-electron chi connectivity index (χ3n) is 2.37. The van der Waals surface area contributed by atoms with E-state index in [1.807, 2.05) is 29.6 Å². The van der Waals surface area contributed by atoms with Crippen molar-refractivity contribution in [1.29, 1.82) is 0 Å². The number of hydrogen-bond donors (Lipinski definition) is 2. The summed E-state index contributed by atoms with van der Waals surface area (Å²) in [6.45, 7) is -0.00837. The van der Waals surface area contributed by atoms with Crippen LogP contribution in [-0.4, -0.2) is 23.8 Å². The van der Waals surface area contributed by atoms with Gasteiger partial charge in [-0.05, 0) is 12.1 Å². The van der Waals surface area contributed by atoms with Crippen LogP contribution in [0.2, 0.25) is 0 Å². The number of nitrogens with one attached hydrogen (secondary N) is 1. The second-order valence-electron chi connectivity index (χ2n) is 3.45. The Hall–Kier alpha value is -1.59. The van der Waals surface area contributed by atoms with E-state index in [0.717, 1.165) is 16.4 Å². The number of aliphatic hydroxyl groups is 1. The van der Waals surface area contributed by atoms with Gasteiger partial charge in [-0.2, -0.15) is 0 Å². The highest BCUT2D eigenvalue weighted by Gasteiger charge is 2.14. The summed E-state index contributed by atoms with van der Waals surface area (Å²) in [4.78, 5) is 4.19. The third-order valence-corrected chi connectivity index (χ3v) is 3.26. The second kappa shape index (κ2) is 5.65. The maximum absolute atomic E-state index is 9.39. The molecule has 0 aliphatic heterocycles. The summed E-state index contributed by atoms with van der Waals surface area (Å²) in [6.07, 6.45) is 1.73. The van der Waals surface area contributed by atoms with Crippen LogP contribution < -0.4 is 10.1 Å². The van der Waals surface area contributed by atoms with Gasteiger partial charge in [0.05, 0.1) is 19.4 Å². The number of nitrogens with zero attached hydrogens (tertiary/aromatic N) is 1. The maximum atomic E-state index is 9.39. The number of thiazole rings is 1. The van der Waals surface area contributed by atoms with Gasteiger partial charge in [0.25, 0.3) is 0 Å². The number of para-hydroxylation sites is 2. The molecule has 2 aromatic rings. The molecule has 0 fully saturated rings. The Labute approximate surface area is 104 Å². The average Bonchev–Trinajstić information content (AvgIpc) is 2.90. The molecule has 1 aromatic heterocycles. The van der Waals surface area contributed by atoms with Crippen molar-refractivity contribution in [3.05, 3.63) is 40.8 Å². The van der Waals surface area contributed by atoms with Crippen molar-refractivity contribution in [2.45, 2.75) is 6.04 Å². The van der Waals surface area contributed by atoms with E-state index >= 15 is 0 Å². The van der Waals surface area contributed by atoms with E-state index in [9.17, 15) is 5.11 Å². The summed E-state index contributed by atoms with van der Waals surface area (Å²) >= 11 is 1.51. The largest absolute Gasteiger partial charge is 0.495 e. The van der Waals surface area contributed by atoms with Crippen LogP contribution in [0.25, 0.3) is 0 Å². The van der Waals surface area contributed by atoms with Crippen molar-refractivity contribution >= 4 is 17.0 Å². The van der Waals surface area contributed by atoms with E-state index in [1.165, 1.54) is 11.3 Å². The molecular formula is C12H14N2O2S. The van der Waals surface area contributed by atoms with Gasteiger partial charge in [-0.3, -0.25) is 0 Å². The highest BCUT2D eigenvalue weighted by Crippen LogP contribution is 2.28. The average molecular weight is 250 g/mol. The molecule has 17 heavy (non-hydrogen) atoms. The number of hydrogen-bond acceptors (Lipinski definition) is 5. The summed E-state index contributed by atoms with van der Waals surface area (Å²) in [6, 6.07) is 7.40. The van der Waals surface area contributed by atoms with Gasteiger partial charge in [0.1, 0.15) is 16.8 Å². The first kappa shape index (κ1) is 11.9. The van der Waals surface area contributed by atoms with Crippen molar-refractivity contribution in [1.82, 2.24) is 4.98 Å². The van der Waals surface area contributed by atoms with Gasteiger partial charge in [0, 0.05) is 11.6 Å². The summed E-state index contributed by atoms with van der Waals surface area (Å²) < 4.78 is 5.25. The molecule has 4 nitrogen and oxygen atoms in total. The van der Waals surface area contributed by atoms with E-state index < -0.39 is 0 Å². The molecule has 1 atom stereocenters. The molecule has 0 amide bonds. The fourth-order valence-electron chi connectivity index (χ4n) is 1.54. The third kappa shape index (κ3) is 2.75. The van der Waals surface area contributed by atoms with Gasteiger partial charge >= 0.3 is 0 Å². The predicted octanol–water partition coefficient (Wildman–Crippen LogP) is 2.30. The number of aliphatic hydroxyl groups excluding tert-OH is 1. The Morgan fingerprint density at radius 3 is 2.94 bits per heavy atom. The molecule has 0 saturated heterocycles. The second-order valence-corrected chi connectivity index (χ2v) is 4.38. The van der Waals surface area contributed by atoms with Crippen molar-refractivity contribution in [2.75, 3.05) is 19.0 Å². The zero-order valence-electron chi connectivity index (χ0n) is 9.46. The number of ether oxygens (including phenoxy) is 1. The molecule has 90 valence electrons. The van der Waals surface area contributed by atoms with Crippen molar-refractivity contribution < 1.29 is 9.84 Å². The van der Waals surface area contributed by atoms with Crippen molar-refractivity contribution in [3.8, 4) is 5.75 Å². The molecule has 1 heterocycles. The quantitative estimate of drug-likeness (QED) is 0.855. The molecule has 0 saturated carbocycles. The summed E-state index contributed by atoms with van der Waals surface area (Å²) in [5.41, 5.74) is 0.851. The minimum atomic E-state index is -0.203. The molecular weight excluding hydrogens is 236 g/mol. The number of rotatable bonds is 5. The summed E-state index contributed by atoms with van der Waals surface area (Å²) in [7, 11) is 1.62. The molecule has 0 aliphatic rings. The lowest BCUT2D eigenvalue weighted by atomic mass is 10.2. The normalized spacial score (nSPS) is 12.1. The van der Waals surface area contributed by atoms with Crippen LogP contribution in [0.4, 0.5) is 5.69 Å². The fraction of sp³-hybridized carbons (Fsp3) is 0.250. The van der Waals surface area contributed by atoms with Crippen LogP contribution >= 0.6 is 11.3 Å². The predicted molar refractivity (Wildman–Crippen MR) is 68.6 cm³/mol. The Kier molecular flexibility index (Phi) is 3.95. The van der Waals surface area contributed by atoms with E-state index in [4.69, 9.17) is 4.74 Å². The summed E-state index contributed by atoms with van der Waals surface area (Å²) in [5, 5.41) is 15.4. The van der Waals surface area contributed by atoms with Gasteiger partial charge in [-0.1, -0.05) is 12.1 Å². The van der Waals surface area contributed by atoms with Gasteiger partial charge in [-0.15, -0.1) is 11.3 Å². The van der Waals surface area contributed by atoms with E-state index in [-0.39, 0.29) is 12.6 Å². The smallest absolute Gasteiger partial charge is 0.141 e. The van der Waals surface area contributed by atoms with Gasteiger partial charge in [-0.25, -0.2) is 4.98 Å². The van der Waals surface area contributed by atoms with E-state index in [2.05, 4.69) is 10.3 Å². The van der Waals surface area contributed by atoms with Gasteiger partial charge in [0.15, 0.2) is 0 Å². The number of methoxy groups -OCH3 is 1. The molecule has 1 unspecified atom stereocenters. The highest BCUT2D eigenvalue weighted by molar-refractivity contribution is 7.09. The van der Waals surface area contributed by atoms with Crippen molar-refractivity contribution in [3.63, 3.8) is 0 Å². The number of benzene rings is 1. The first-order valence-electron chi connectivity index (χ1n) is 5.25. The van der Waals surface area contributed by atoms with Gasteiger partial charge in [0.2, 0.25) is 0 Å². The standard InChI is InChI=1S/C12H14N2O2S/c1-16-11-5-3-2-4-9(11)14-10(8-15)12-13-6-7-17-12/h2-7,10,14-15H,8H2,1H3. The summed E-state index contributed by atoms with van der Waals surface area (Å²) in [5.74, 6) is 0.752. The van der Waals surface area contributed by atoms with Crippen molar-refractivity contribution in [2.24, 2.45) is 0 Å².